The number of fused-ring (bicyclic) bond motifs is 7. The highest BCUT2D eigenvalue weighted by molar-refractivity contribution is 7.90. The minimum Gasteiger partial charge on any atom is -0.386 e. The molecule has 6 rings (SSSR count). The van der Waals surface area contributed by atoms with E-state index in [1.807, 2.05) is 0 Å². The molecule has 1 aromatic rings. The second-order valence-corrected chi connectivity index (χ2v) is 14.1. The molecule has 5 fully saturated rings. The second-order valence-electron chi connectivity index (χ2n) is 12.1. The summed E-state index contributed by atoms with van der Waals surface area (Å²) in [7, 11) is -3.33. The number of carbonyl (C=O) groups is 1. The Kier molecular flexibility index (Phi) is 4.79. The summed E-state index contributed by atoms with van der Waals surface area (Å²) >= 11 is 0. The highest BCUT2D eigenvalue weighted by atomic mass is 32.2. The average molecular weight is 479 g/mol. The van der Waals surface area contributed by atoms with E-state index in [4.69, 9.17) is 0 Å². The largest absolute Gasteiger partial charge is 0.386 e. The molecule has 5 aliphatic rings. The van der Waals surface area contributed by atoms with Gasteiger partial charge < -0.3 is 5.11 Å². The third kappa shape index (κ3) is 3.15. The zero-order chi connectivity index (χ0) is 23.3. The number of hydrogen-bond donors (Lipinski definition) is 1. The van der Waals surface area contributed by atoms with Crippen LogP contribution in [0.1, 0.15) is 58.3 Å². The molecule has 1 aromatic heterocycles. The Balaban J connectivity index is 1.17. The summed E-state index contributed by atoms with van der Waals surface area (Å²) in [6, 6.07) is 0. The maximum absolute atomic E-state index is 14.4. The quantitative estimate of drug-likeness (QED) is 0.716. The molecule has 0 spiro atoms. The van der Waals surface area contributed by atoms with Crippen molar-refractivity contribution in [2.24, 2.45) is 46.8 Å². The third-order valence-corrected chi connectivity index (χ3v) is 11.8. The van der Waals surface area contributed by atoms with Crippen molar-refractivity contribution in [3.05, 3.63) is 12.4 Å². The van der Waals surface area contributed by atoms with Crippen LogP contribution >= 0.6 is 0 Å². The molecule has 5 saturated carbocycles. The molecule has 182 valence electrons. The third-order valence-electron chi connectivity index (χ3n) is 10.8. The van der Waals surface area contributed by atoms with Crippen molar-refractivity contribution < 1.29 is 22.7 Å². The van der Waals surface area contributed by atoms with Gasteiger partial charge in [-0.15, -0.1) is 0 Å². The molecule has 33 heavy (non-hydrogen) atoms. The van der Waals surface area contributed by atoms with Gasteiger partial charge in [-0.1, -0.05) is 6.92 Å². The van der Waals surface area contributed by atoms with Crippen LogP contribution in [-0.2, 0) is 21.2 Å². The van der Waals surface area contributed by atoms with Crippen LogP contribution in [0.3, 0.4) is 0 Å². The van der Waals surface area contributed by atoms with E-state index in [1.54, 1.807) is 0 Å². The van der Waals surface area contributed by atoms with Crippen molar-refractivity contribution in [3.8, 4) is 0 Å². The van der Waals surface area contributed by atoms with Crippen molar-refractivity contribution in [1.82, 2.24) is 9.78 Å². The molecule has 10 atom stereocenters. The lowest BCUT2D eigenvalue weighted by Gasteiger charge is -2.55. The van der Waals surface area contributed by atoms with E-state index >= 15 is 0 Å². The van der Waals surface area contributed by atoms with E-state index in [1.165, 1.54) is 17.1 Å². The Morgan fingerprint density at radius 2 is 1.82 bits per heavy atom. The summed E-state index contributed by atoms with van der Waals surface area (Å²) in [5.74, 6) is 2.63. The van der Waals surface area contributed by atoms with E-state index in [2.05, 4.69) is 12.0 Å². The van der Waals surface area contributed by atoms with Gasteiger partial charge >= 0.3 is 0 Å². The molecule has 0 bridgehead atoms. The number of rotatable bonds is 4. The van der Waals surface area contributed by atoms with E-state index in [0.29, 0.717) is 36.0 Å². The second kappa shape index (κ2) is 7.12. The highest BCUT2D eigenvalue weighted by Gasteiger charge is 2.72. The van der Waals surface area contributed by atoms with Crippen LogP contribution in [0.5, 0.6) is 0 Å². The van der Waals surface area contributed by atoms with Gasteiger partial charge in [0.05, 0.1) is 12.7 Å². The van der Waals surface area contributed by atoms with Gasteiger partial charge in [-0.3, -0.25) is 9.48 Å². The summed E-state index contributed by atoms with van der Waals surface area (Å²) in [5.41, 5.74) is -1.04. The number of halogens is 1. The Bertz CT molecular complexity index is 1090. The zero-order valence-electron chi connectivity index (χ0n) is 19.5. The van der Waals surface area contributed by atoms with Crippen LogP contribution < -0.4 is 0 Å². The van der Waals surface area contributed by atoms with Gasteiger partial charge in [0.15, 0.2) is 15.6 Å². The highest BCUT2D eigenvalue weighted by Crippen LogP contribution is 2.69. The first-order chi connectivity index (χ1) is 15.5. The summed E-state index contributed by atoms with van der Waals surface area (Å²) in [4.78, 5) is 13.5. The number of carbonyl (C=O) groups excluding carboxylic acids is 1. The first-order valence-electron chi connectivity index (χ1n) is 12.7. The molecule has 8 heteroatoms. The fourth-order valence-corrected chi connectivity index (χ4v) is 9.73. The number of aliphatic hydroxyl groups is 1. The SMILES string of the molecule is C[C@]12CC[C@@H]3[C@H]4CC[C@]5(O)C(F)C5[C@H]4CC[C@H]3[C@@H]1CC[C@@H]2C(=O)Cn1cc(S(C)(=O)=O)cn1. The minimum atomic E-state index is -3.33. The lowest BCUT2D eigenvalue weighted by molar-refractivity contribution is -0.131. The van der Waals surface area contributed by atoms with Crippen LogP contribution in [0.4, 0.5) is 4.39 Å². The van der Waals surface area contributed by atoms with Crippen LogP contribution in [0.2, 0.25) is 0 Å². The van der Waals surface area contributed by atoms with Crippen molar-refractivity contribution in [2.75, 3.05) is 6.26 Å². The van der Waals surface area contributed by atoms with Gasteiger partial charge in [-0.25, -0.2) is 12.8 Å². The molecule has 0 radical (unpaired) electrons. The zero-order valence-corrected chi connectivity index (χ0v) is 20.3. The Morgan fingerprint density at radius 1 is 1.12 bits per heavy atom. The van der Waals surface area contributed by atoms with Crippen LogP contribution in [-0.4, -0.2) is 47.1 Å². The van der Waals surface area contributed by atoms with E-state index in [-0.39, 0.29) is 34.5 Å². The Hall–Kier alpha value is -1.28. The number of Topliss-reactive ketones (excluding diaryl/α,β-unsaturated/α-hetero) is 1. The first-order valence-corrected chi connectivity index (χ1v) is 14.5. The standard InChI is InChI=1S/C25H35FN2O4S/c1-24-9-7-15-16-8-10-25(30)22(23(25)26)18(16)4-3-17(15)19(24)5-6-20(24)21(29)13-28-12-14(11-27-28)33(2,31)32/h11-12,15-20,22-23,30H,3-10,13H2,1-2H3/t15-,16-,17-,18+,19+,20-,22?,23?,24+,25-/m1/s1. The van der Waals surface area contributed by atoms with Gasteiger partial charge in [-0.05, 0) is 86.4 Å². The smallest absolute Gasteiger partial charge is 0.178 e. The number of aromatic nitrogens is 2. The molecule has 6 nitrogen and oxygen atoms in total. The van der Waals surface area contributed by atoms with E-state index in [0.717, 1.165) is 51.2 Å². The maximum Gasteiger partial charge on any atom is 0.178 e. The van der Waals surface area contributed by atoms with E-state index < -0.39 is 21.6 Å². The number of hydrogen-bond acceptors (Lipinski definition) is 5. The van der Waals surface area contributed by atoms with Crippen LogP contribution in [0.25, 0.3) is 0 Å². The van der Waals surface area contributed by atoms with Gasteiger partial charge in [0, 0.05) is 24.3 Å². The molecule has 0 amide bonds. The van der Waals surface area contributed by atoms with Gasteiger partial charge in [0.25, 0.3) is 0 Å². The van der Waals surface area contributed by atoms with Crippen LogP contribution in [0, 0.1) is 46.8 Å². The van der Waals surface area contributed by atoms with Crippen molar-refractivity contribution in [2.45, 2.75) is 81.5 Å². The summed E-state index contributed by atoms with van der Waals surface area (Å²) in [6.07, 6.45) is 10.7. The lowest BCUT2D eigenvalue weighted by atomic mass is 9.49. The first kappa shape index (κ1) is 22.2. The maximum atomic E-state index is 14.4. The molecule has 0 aromatic carbocycles. The number of sulfone groups is 1. The van der Waals surface area contributed by atoms with Crippen molar-refractivity contribution in [3.63, 3.8) is 0 Å². The number of ketones is 1. The molecular formula is C25H35FN2O4S. The fraction of sp³-hybridized carbons (Fsp3) is 0.840. The Labute approximate surface area is 195 Å². The number of alkyl halides is 1. The molecule has 1 N–H and O–H groups in total. The van der Waals surface area contributed by atoms with Gasteiger partial charge in [0.2, 0.25) is 0 Å². The molecule has 0 saturated heterocycles. The molecule has 5 aliphatic carbocycles. The molecule has 0 aliphatic heterocycles. The molecular weight excluding hydrogens is 443 g/mol. The van der Waals surface area contributed by atoms with E-state index in [9.17, 15) is 22.7 Å². The lowest BCUT2D eigenvalue weighted by Crippen LogP contribution is -2.50. The van der Waals surface area contributed by atoms with Gasteiger partial charge in [0.1, 0.15) is 16.7 Å². The Morgan fingerprint density at radius 3 is 2.55 bits per heavy atom. The topological polar surface area (TPSA) is 89.3 Å². The predicted octanol–water partition coefficient (Wildman–Crippen LogP) is 3.43. The summed E-state index contributed by atoms with van der Waals surface area (Å²) < 4.78 is 39.4. The van der Waals surface area contributed by atoms with Crippen molar-refractivity contribution in [1.29, 1.82) is 0 Å². The normalized spacial score (nSPS) is 48.4. The number of nitrogens with zero attached hydrogens (tertiary/aromatic N) is 2. The molecule has 1 heterocycles. The fourth-order valence-electron chi connectivity index (χ4n) is 9.17. The predicted molar refractivity (Wildman–Crippen MR) is 120 cm³/mol. The summed E-state index contributed by atoms with van der Waals surface area (Å²) in [6.45, 7) is 2.43. The average Bonchev–Trinajstić information content (AvgIpc) is 3.10. The van der Waals surface area contributed by atoms with Gasteiger partial charge in [-0.2, -0.15) is 5.10 Å². The van der Waals surface area contributed by atoms with Crippen molar-refractivity contribution >= 4 is 15.6 Å². The molecule has 2 unspecified atom stereocenters. The van der Waals surface area contributed by atoms with Crippen LogP contribution in [0.15, 0.2) is 17.3 Å². The minimum absolute atomic E-state index is 0.0119. The summed E-state index contributed by atoms with van der Waals surface area (Å²) in [5, 5.41) is 14.7. The monoisotopic (exact) mass is 478 g/mol.